The second-order valence-electron chi connectivity index (χ2n) is 5.15. The van der Waals surface area contributed by atoms with E-state index in [2.05, 4.69) is 0 Å². The van der Waals surface area contributed by atoms with Crippen LogP contribution in [0.5, 0.6) is 5.75 Å². The van der Waals surface area contributed by atoms with E-state index in [1.54, 1.807) is 0 Å². The molecular formula is C16H14ClF4NO. The smallest absolute Gasteiger partial charge is 0.416 e. The molecule has 0 saturated heterocycles. The van der Waals surface area contributed by atoms with Crippen molar-refractivity contribution in [3.05, 3.63) is 58.1 Å². The molecule has 23 heavy (non-hydrogen) atoms. The highest BCUT2D eigenvalue weighted by Gasteiger charge is 2.36. The summed E-state index contributed by atoms with van der Waals surface area (Å²) in [6.45, 7) is 1.19. The highest BCUT2D eigenvalue weighted by Crippen LogP contribution is 2.43. The van der Waals surface area contributed by atoms with Gasteiger partial charge in [0.25, 0.3) is 0 Å². The molecule has 0 aliphatic heterocycles. The van der Waals surface area contributed by atoms with Crippen molar-refractivity contribution >= 4 is 17.3 Å². The van der Waals surface area contributed by atoms with Gasteiger partial charge in [-0.05, 0) is 37.3 Å². The van der Waals surface area contributed by atoms with Gasteiger partial charge in [-0.3, -0.25) is 0 Å². The molecule has 0 radical (unpaired) electrons. The van der Waals surface area contributed by atoms with E-state index in [0.717, 1.165) is 12.1 Å². The summed E-state index contributed by atoms with van der Waals surface area (Å²) < 4.78 is 58.6. The Labute approximate surface area is 135 Å². The van der Waals surface area contributed by atoms with Gasteiger partial charge in [0.2, 0.25) is 0 Å². The number of nitrogens with two attached hydrogens (primary N) is 1. The number of nitrogen functional groups attached to an aromatic ring is 1. The predicted molar refractivity (Wildman–Crippen MR) is 81.4 cm³/mol. The maximum atomic E-state index is 15.4. The first-order valence-corrected chi connectivity index (χ1v) is 6.95. The Hall–Kier alpha value is -1.95. The number of benzene rings is 2. The number of ether oxygens (including phenoxy) is 1. The third kappa shape index (κ3) is 3.37. The first-order chi connectivity index (χ1) is 10.6. The quantitative estimate of drug-likeness (QED) is 0.613. The summed E-state index contributed by atoms with van der Waals surface area (Å²) in [6.07, 6.45) is -4.55. The Balaban J connectivity index is 2.58. The summed E-state index contributed by atoms with van der Waals surface area (Å²) in [6, 6.07) is 6.90. The van der Waals surface area contributed by atoms with Crippen LogP contribution in [0.4, 0.5) is 23.2 Å². The van der Waals surface area contributed by atoms with Gasteiger partial charge in [-0.2, -0.15) is 13.2 Å². The SMILES string of the molecule is COc1ccc(Cl)cc1C(C)(F)c1ccc(C(F)(F)F)cc1N. The van der Waals surface area contributed by atoms with Crippen LogP contribution in [0.25, 0.3) is 0 Å². The van der Waals surface area contributed by atoms with Crippen molar-refractivity contribution < 1.29 is 22.3 Å². The largest absolute Gasteiger partial charge is 0.496 e. The Bertz CT molecular complexity index is 729. The third-order valence-corrected chi connectivity index (χ3v) is 3.79. The van der Waals surface area contributed by atoms with Crippen LogP contribution in [0.1, 0.15) is 23.6 Å². The molecule has 0 bridgehead atoms. The molecule has 1 atom stereocenters. The summed E-state index contributed by atoms with van der Waals surface area (Å²) in [5, 5.41) is 0.273. The first kappa shape index (κ1) is 17.4. The van der Waals surface area contributed by atoms with Crippen molar-refractivity contribution in [2.75, 3.05) is 12.8 Å². The fourth-order valence-corrected chi connectivity index (χ4v) is 2.53. The van der Waals surface area contributed by atoms with Crippen LogP contribution >= 0.6 is 11.6 Å². The summed E-state index contributed by atoms with van der Waals surface area (Å²) in [5.74, 6) is 0.221. The predicted octanol–water partition coefficient (Wildman–Crippen LogP) is 5.18. The Morgan fingerprint density at radius 1 is 1.00 bits per heavy atom. The van der Waals surface area contributed by atoms with Crippen molar-refractivity contribution in [2.45, 2.75) is 18.8 Å². The van der Waals surface area contributed by atoms with E-state index in [1.165, 1.54) is 32.2 Å². The minimum Gasteiger partial charge on any atom is -0.496 e. The number of hydrogen-bond acceptors (Lipinski definition) is 2. The molecule has 2 N–H and O–H groups in total. The summed E-state index contributed by atoms with van der Waals surface area (Å²) >= 11 is 5.89. The van der Waals surface area contributed by atoms with Crippen molar-refractivity contribution in [3.63, 3.8) is 0 Å². The van der Waals surface area contributed by atoms with Crippen molar-refractivity contribution in [3.8, 4) is 5.75 Å². The zero-order chi connectivity index (χ0) is 17.4. The van der Waals surface area contributed by atoms with E-state index in [4.69, 9.17) is 22.1 Å². The molecule has 0 fully saturated rings. The van der Waals surface area contributed by atoms with E-state index >= 15 is 4.39 Å². The molecule has 0 amide bonds. The highest BCUT2D eigenvalue weighted by atomic mass is 35.5. The van der Waals surface area contributed by atoms with E-state index in [0.29, 0.717) is 6.07 Å². The lowest BCUT2D eigenvalue weighted by molar-refractivity contribution is -0.137. The number of methoxy groups -OCH3 is 1. The van der Waals surface area contributed by atoms with Crippen LogP contribution in [-0.4, -0.2) is 7.11 Å². The van der Waals surface area contributed by atoms with Crippen LogP contribution in [0.3, 0.4) is 0 Å². The second kappa shape index (κ2) is 5.92. The summed E-state index contributed by atoms with van der Waals surface area (Å²) in [5.41, 5.74) is 2.24. The van der Waals surface area contributed by atoms with Gasteiger partial charge in [0.05, 0.1) is 12.7 Å². The zero-order valence-corrected chi connectivity index (χ0v) is 13.1. The van der Waals surface area contributed by atoms with Gasteiger partial charge >= 0.3 is 6.18 Å². The number of halogens is 5. The Kier molecular flexibility index (Phi) is 4.48. The van der Waals surface area contributed by atoms with Gasteiger partial charge in [-0.15, -0.1) is 0 Å². The molecule has 7 heteroatoms. The number of alkyl halides is 4. The molecule has 2 rings (SSSR count). The van der Waals surface area contributed by atoms with Crippen LogP contribution < -0.4 is 10.5 Å². The molecule has 1 unspecified atom stereocenters. The normalized spacial score (nSPS) is 14.4. The molecular weight excluding hydrogens is 334 g/mol. The minimum atomic E-state index is -4.55. The summed E-state index contributed by atoms with van der Waals surface area (Å²) in [4.78, 5) is 0. The van der Waals surface area contributed by atoms with Gasteiger partial charge in [0, 0.05) is 21.8 Å². The van der Waals surface area contributed by atoms with Crippen molar-refractivity contribution in [2.24, 2.45) is 0 Å². The van der Waals surface area contributed by atoms with Crippen molar-refractivity contribution in [1.82, 2.24) is 0 Å². The maximum absolute atomic E-state index is 15.4. The molecule has 0 aliphatic rings. The lowest BCUT2D eigenvalue weighted by atomic mass is 9.87. The molecule has 0 saturated carbocycles. The monoisotopic (exact) mass is 347 g/mol. The molecule has 2 aromatic rings. The number of hydrogen-bond donors (Lipinski definition) is 1. The average Bonchev–Trinajstić information content (AvgIpc) is 2.45. The number of rotatable bonds is 3. The van der Waals surface area contributed by atoms with E-state index in [-0.39, 0.29) is 27.6 Å². The minimum absolute atomic E-state index is 0.0824. The topological polar surface area (TPSA) is 35.2 Å². The van der Waals surface area contributed by atoms with Crippen LogP contribution in [-0.2, 0) is 11.8 Å². The van der Waals surface area contributed by atoms with E-state index < -0.39 is 17.4 Å². The van der Waals surface area contributed by atoms with Gasteiger partial charge in [-0.25, -0.2) is 4.39 Å². The standard InChI is InChI=1S/C16H14ClF4NO/c1-15(18,12-8-10(17)4-6-14(12)23-2)11-5-3-9(7-13(11)22)16(19,20)21/h3-8H,22H2,1-2H3. The zero-order valence-electron chi connectivity index (χ0n) is 12.3. The fourth-order valence-electron chi connectivity index (χ4n) is 2.36. The molecule has 0 spiro atoms. The highest BCUT2D eigenvalue weighted by molar-refractivity contribution is 6.30. The molecule has 0 aliphatic carbocycles. The van der Waals surface area contributed by atoms with Crippen LogP contribution in [0.15, 0.2) is 36.4 Å². The first-order valence-electron chi connectivity index (χ1n) is 6.57. The van der Waals surface area contributed by atoms with Gasteiger partial charge in [0.1, 0.15) is 5.75 Å². The Morgan fingerprint density at radius 3 is 2.17 bits per heavy atom. The second-order valence-corrected chi connectivity index (χ2v) is 5.58. The van der Waals surface area contributed by atoms with E-state index in [1.807, 2.05) is 0 Å². The molecule has 2 nitrogen and oxygen atoms in total. The lowest BCUT2D eigenvalue weighted by Crippen LogP contribution is -2.21. The molecule has 2 aromatic carbocycles. The third-order valence-electron chi connectivity index (χ3n) is 3.55. The van der Waals surface area contributed by atoms with Gasteiger partial charge in [0.15, 0.2) is 5.67 Å². The van der Waals surface area contributed by atoms with Crippen molar-refractivity contribution in [1.29, 1.82) is 0 Å². The average molecular weight is 348 g/mol. The van der Waals surface area contributed by atoms with E-state index in [9.17, 15) is 13.2 Å². The van der Waals surface area contributed by atoms with Crippen LogP contribution in [0, 0.1) is 0 Å². The van der Waals surface area contributed by atoms with Gasteiger partial charge < -0.3 is 10.5 Å². The maximum Gasteiger partial charge on any atom is 0.416 e. The molecule has 0 heterocycles. The fraction of sp³-hybridized carbons (Fsp3) is 0.250. The number of anilines is 1. The molecule has 124 valence electrons. The summed E-state index contributed by atoms with van der Waals surface area (Å²) in [7, 11) is 1.36. The van der Waals surface area contributed by atoms with Crippen LogP contribution in [0.2, 0.25) is 5.02 Å². The Morgan fingerprint density at radius 2 is 1.65 bits per heavy atom. The lowest BCUT2D eigenvalue weighted by Gasteiger charge is -2.25. The molecule has 0 aromatic heterocycles. The van der Waals surface area contributed by atoms with Gasteiger partial charge in [-0.1, -0.05) is 17.7 Å².